The number of nitrogens with two attached hydrogens (primary N) is 1. The molecule has 0 bridgehead atoms. The number of pyridine rings is 1. The van der Waals surface area contributed by atoms with E-state index in [1.807, 2.05) is 30.9 Å². The van der Waals surface area contributed by atoms with Gasteiger partial charge in [-0.05, 0) is 26.0 Å². The Hall–Kier alpha value is -1.62. The van der Waals surface area contributed by atoms with E-state index in [1.54, 1.807) is 6.20 Å². The monoisotopic (exact) mass is 236 g/mol. The number of anilines is 1. The van der Waals surface area contributed by atoms with E-state index in [-0.39, 0.29) is 5.91 Å². The van der Waals surface area contributed by atoms with Crippen LogP contribution in [0.4, 0.5) is 5.69 Å². The molecule has 5 nitrogen and oxygen atoms in total. The van der Waals surface area contributed by atoms with Crippen LogP contribution < -0.4 is 16.0 Å². The van der Waals surface area contributed by atoms with Gasteiger partial charge < -0.3 is 16.0 Å². The van der Waals surface area contributed by atoms with Gasteiger partial charge in [-0.2, -0.15) is 0 Å². The topological polar surface area (TPSA) is 71.2 Å². The lowest BCUT2D eigenvalue weighted by Crippen LogP contribution is -2.37. The highest BCUT2D eigenvalue weighted by atomic mass is 16.2. The third-order valence-electron chi connectivity index (χ3n) is 2.49. The fourth-order valence-electron chi connectivity index (χ4n) is 1.67. The predicted octanol–water partition coefficient (Wildman–Crippen LogP) is 0.503. The van der Waals surface area contributed by atoms with Gasteiger partial charge in [0.25, 0.3) is 0 Å². The van der Waals surface area contributed by atoms with Crippen molar-refractivity contribution in [2.24, 2.45) is 5.73 Å². The Morgan fingerprint density at radius 3 is 2.88 bits per heavy atom. The van der Waals surface area contributed by atoms with Crippen LogP contribution in [-0.4, -0.2) is 30.5 Å². The van der Waals surface area contributed by atoms with Gasteiger partial charge in [0.15, 0.2) is 0 Å². The van der Waals surface area contributed by atoms with Crippen molar-refractivity contribution in [3.8, 4) is 0 Å². The highest BCUT2D eigenvalue weighted by Crippen LogP contribution is 2.17. The summed E-state index contributed by atoms with van der Waals surface area (Å²) in [6.07, 6.45) is 1.71. The van der Waals surface area contributed by atoms with Crippen LogP contribution in [0.5, 0.6) is 0 Å². The minimum atomic E-state index is 0.0150. The number of hydrogen-bond acceptors (Lipinski definition) is 4. The molecule has 0 fully saturated rings. The average Bonchev–Trinajstić information content (AvgIpc) is 2.36. The summed E-state index contributed by atoms with van der Waals surface area (Å²) < 4.78 is 0. The second kappa shape index (κ2) is 6.85. The van der Waals surface area contributed by atoms with Gasteiger partial charge >= 0.3 is 0 Å². The molecule has 94 valence electrons. The maximum Gasteiger partial charge on any atom is 0.239 e. The molecule has 0 aliphatic carbocycles. The molecule has 3 N–H and O–H groups in total. The maximum absolute atomic E-state index is 11.6. The summed E-state index contributed by atoms with van der Waals surface area (Å²) in [6.45, 7) is 6.02. The Labute approximate surface area is 102 Å². The second-order valence-corrected chi connectivity index (χ2v) is 3.64. The fourth-order valence-corrected chi connectivity index (χ4v) is 1.67. The first-order valence-electron chi connectivity index (χ1n) is 5.88. The minimum Gasteiger partial charge on any atom is -0.361 e. The first-order valence-corrected chi connectivity index (χ1v) is 5.88. The van der Waals surface area contributed by atoms with Crippen LogP contribution in [0, 0.1) is 0 Å². The number of carbonyl (C=O) groups excluding carboxylic acids is 1. The quantitative estimate of drug-likeness (QED) is 0.754. The van der Waals surface area contributed by atoms with E-state index in [0.29, 0.717) is 19.6 Å². The number of aromatic nitrogens is 1. The second-order valence-electron chi connectivity index (χ2n) is 3.64. The summed E-state index contributed by atoms with van der Waals surface area (Å²) in [5.41, 5.74) is 7.40. The summed E-state index contributed by atoms with van der Waals surface area (Å²) >= 11 is 0. The lowest BCUT2D eigenvalue weighted by atomic mass is 10.2. The van der Waals surface area contributed by atoms with Crippen LogP contribution in [0.3, 0.4) is 0 Å². The molecule has 17 heavy (non-hydrogen) atoms. The number of likely N-dealkylation sites (N-methyl/N-ethyl adjacent to an activating group) is 2. The van der Waals surface area contributed by atoms with Gasteiger partial charge in [0, 0.05) is 25.8 Å². The van der Waals surface area contributed by atoms with Crippen LogP contribution in [0.25, 0.3) is 0 Å². The largest absolute Gasteiger partial charge is 0.361 e. The van der Waals surface area contributed by atoms with Crippen molar-refractivity contribution in [3.05, 3.63) is 24.0 Å². The van der Waals surface area contributed by atoms with E-state index >= 15 is 0 Å². The van der Waals surface area contributed by atoms with Crippen LogP contribution >= 0.6 is 0 Å². The zero-order chi connectivity index (χ0) is 12.7. The SMILES string of the molecule is CCNC(=O)CN(CC)c1cccnc1CN. The van der Waals surface area contributed by atoms with Crippen LogP contribution in [-0.2, 0) is 11.3 Å². The maximum atomic E-state index is 11.6. The molecule has 0 unspecified atom stereocenters. The summed E-state index contributed by atoms with van der Waals surface area (Å²) in [7, 11) is 0. The number of nitrogens with one attached hydrogen (secondary N) is 1. The van der Waals surface area contributed by atoms with Crippen molar-refractivity contribution in [3.63, 3.8) is 0 Å². The Morgan fingerprint density at radius 1 is 1.53 bits per heavy atom. The lowest BCUT2D eigenvalue weighted by Gasteiger charge is -2.24. The zero-order valence-electron chi connectivity index (χ0n) is 10.4. The molecule has 0 saturated heterocycles. The number of nitrogens with zero attached hydrogens (tertiary/aromatic N) is 2. The standard InChI is InChI=1S/C12H20N4O/c1-3-14-12(17)9-16(4-2)11-6-5-7-15-10(11)8-13/h5-7H,3-4,8-9,13H2,1-2H3,(H,14,17). The molecule has 0 radical (unpaired) electrons. The number of amides is 1. The smallest absolute Gasteiger partial charge is 0.239 e. The van der Waals surface area contributed by atoms with E-state index in [9.17, 15) is 4.79 Å². The van der Waals surface area contributed by atoms with Gasteiger partial charge in [-0.3, -0.25) is 9.78 Å². The number of rotatable bonds is 6. The number of hydrogen-bond donors (Lipinski definition) is 2. The Kier molecular flexibility index (Phi) is 5.42. The Morgan fingerprint density at radius 2 is 2.29 bits per heavy atom. The van der Waals surface area contributed by atoms with Crippen molar-refractivity contribution in [2.75, 3.05) is 24.5 Å². The molecule has 0 atom stereocenters. The Balaban J connectivity index is 2.82. The molecule has 0 aliphatic heterocycles. The summed E-state index contributed by atoms with van der Waals surface area (Å²) in [4.78, 5) is 17.8. The molecule has 0 saturated carbocycles. The van der Waals surface area contributed by atoms with Crippen molar-refractivity contribution in [2.45, 2.75) is 20.4 Å². The van der Waals surface area contributed by atoms with Gasteiger partial charge in [-0.15, -0.1) is 0 Å². The summed E-state index contributed by atoms with van der Waals surface area (Å²) in [5.74, 6) is 0.0150. The van der Waals surface area contributed by atoms with Crippen LogP contribution in [0.2, 0.25) is 0 Å². The summed E-state index contributed by atoms with van der Waals surface area (Å²) in [5, 5.41) is 2.79. The fraction of sp³-hybridized carbons (Fsp3) is 0.500. The molecule has 1 rings (SSSR count). The van der Waals surface area contributed by atoms with E-state index in [1.165, 1.54) is 0 Å². The molecule has 1 amide bonds. The molecule has 1 heterocycles. The van der Waals surface area contributed by atoms with Gasteiger partial charge in [0.2, 0.25) is 5.91 Å². The van der Waals surface area contributed by atoms with Crippen LogP contribution in [0.1, 0.15) is 19.5 Å². The van der Waals surface area contributed by atoms with E-state index in [2.05, 4.69) is 10.3 Å². The van der Waals surface area contributed by atoms with Crippen LogP contribution in [0.15, 0.2) is 18.3 Å². The van der Waals surface area contributed by atoms with E-state index in [4.69, 9.17) is 5.73 Å². The molecular formula is C12H20N4O. The molecule has 1 aromatic heterocycles. The van der Waals surface area contributed by atoms with Crippen molar-refractivity contribution in [1.29, 1.82) is 0 Å². The Bertz CT molecular complexity index is 367. The van der Waals surface area contributed by atoms with Crippen molar-refractivity contribution < 1.29 is 4.79 Å². The molecule has 5 heteroatoms. The zero-order valence-corrected chi connectivity index (χ0v) is 10.4. The van der Waals surface area contributed by atoms with E-state index < -0.39 is 0 Å². The highest BCUT2D eigenvalue weighted by molar-refractivity contribution is 5.81. The van der Waals surface area contributed by atoms with Crippen molar-refractivity contribution in [1.82, 2.24) is 10.3 Å². The van der Waals surface area contributed by atoms with E-state index in [0.717, 1.165) is 17.9 Å². The highest BCUT2D eigenvalue weighted by Gasteiger charge is 2.12. The van der Waals surface area contributed by atoms with Gasteiger partial charge in [0.1, 0.15) is 0 Å². The molecule has 0 aromatic carbocycles. The number of carbonyl (C=O) groups is 1. The minimum absolute atomic E-state index is 0.0150. The first kappa shape index (κ1) is 13.4. The molecular weight excluding hydrogens is 216 g/mol. The third-order valence-corrected chi connectivity index (χ3v) is 2.49. The molecule has 0 aliphatic rings. The van der Waals surface area contributed by atoms with Gasteiger partial charge in [0.05, 0.1) is 17.9 Å². The van der Waals surface area contributed by atoms with Crippen molar-refractivity contribution >= 4 is 11.6 Å². The molecule has 1 aromatic rings. The average molecular weight is 236 g/mol. The summed E-state index contributed by atoms with van der Waals surface area (Å²) in [6, 6.07) is 3.80. The van der Waals surface area contributed by atoms with Gasteiger partial charge in [-0.1, -0.05) is 0 Å². The first-order chi connectivity index (χ1) is 8.22. The molecule has 0 spiro atoms. The van der Waals surface area contributed by atoms with Gasteiger partial charge in [-0.25, -0.2) is 0 Å². The lowest BCUT2D eigenvalue weighted by molar-refractivity contribution is -0.119. The predicted molar refractivity (Wildman–Crippen MR) is 68.7 cm³/mol. The third kappa shape index (κ3) is 3.71. The normalized spacial score (nSPS) is 10.1.